The van der Waals surface area contributed by atoms with E-state index in [0.717, 1.165) is 11.3 Å². The molecule has 0 bridgehead atoms. The van der Waals surface area contributed by atoms with E-state index < -0.39 is 0 Å². The minimum Gasteiger partial charge on any atom is -0.508 e. The third kappa shape index (κ3) is 3.52. The van der Waals surface area contributed by atoms with Crippen LogP contribution in [0.4, 0.5) is 0 Å². The van der Waals surface area contributed by atoms with Crippen molar-refractivity contribution in [3.8, 4) is 5.75 Å². The molecule has 1 amide bonds. The fraction of sp³-hybridized carbons (Fsp3) is 0.0714. The molecular formula is C14H14N2O2. The average molecular weight is 242 g/mol. The van der Waals surface area contributed by atoms with Crippen molar-refractivity contribution in [1.29, 1.82) is 0 Å². The lowest BCUT2D eigenvalue weighted by atomic mass is 10.2. The first-order chi connectivity index (χ1) is 8.74. The summed E-state index contributed by atoms with van der Waals surface area (Å²) in [5.41, 5.74) is 1.74. The number of phenols is 1. The number of phenolic OH excluding ortho intramolecular Hbond substituents is 1. The predicted octanol–water partition coefficient (Wildman–Crippen LogP) is 2.05. The van der Waals surface area contributed by atoms with Crippen LogP contribution >= 0.6 is 0 Å². The van der Waals surface area contributed by atoms with Crippen molar-refractivity contribution < 1.29 is 9.90 Å². The van der Waals surface area contributed by atoms with Crippen LogP contribution in [-0.4, -0.2) is 16.0 Å². The molecule has 1 heterocycles. The average Bonchev–Trinajstić information content (AvgIpc) is 2.87. The van der Waals surface area contributed by atoms with Crippen LogP contribution in [0.5, 0.6) is 5.75 Å². The van der Waals surface area contributed by atoms with Crippen molar-refractivity contribution in [1.82, 2.24) is 10.3 Å². The molecule has 2 rings (SSSR count). The maximum atomic E-state index is 11.5. The molecular weight excluding hydrogens is 228 g/mol. The Morgan fingerprint density at radius 1 is 1.33 bits per heavy atom. The normalized spacial score (nSPS) is 10.7. The lowest BCUT2D eigenvalue weighted by Crippen LogP contribution is -2.20. The molecule has 0 atom stereocenters. The van der Waals surface area contributed by atoms with Gasteiger partial charge in [-0.1, -0.05) is 12.1 Å². The van der Waals surface area contributed by atoms with Crippen LogP contribution in [0.3, 0.4) is 0 Å². The largest absolute Gasteiger partial charge is 0.508 e. The van der Waals surface area contributed by atoms with E-state index in [1.807, 2.05) is 18.2 Å². The molecule has 0 spiro atoms. The monoisotopic (exact) mass is 242 g/mol. The van der Waals surface area contributed by atoms with Crippen LogP contribution in [0.15, 0.2) is 48.7 Å². The summed E-state index contributed by atoms with van der Waals surface area (Å²) in [6, 6.07) is 10.5. The Morgan fingerprint density at radius 2 is 2.22 bits per heavy atom. The molecule has 0 saturated carbocycles. The van der Waals surface area contributed by atoms with Crippen LogP contribution in [-0.2, 0) is 11.3 Å². The van der Waals surface area contributed by atoms with Crippen molar-refractivity contribution in [3.05, 3.63) is 59.9 Å². The van der Waals surface area contributed by atoms with Crippen molar-refractivity contribution in [2.75, 3.05) is 0 Å². The smallest absolute Gasteiger partial charge is 0.244 e. The zero-order valence-electron chi connectivity index (χ0n) is 9.76. The molecule has 1 aromatic heterocycles. The number of H-pyrrole nitrogens is 1. The molecule has 0 saturated heterocycles. The van der Waals surface area contributed by atoms with Gasteiger partial charge in [0.25, 0.3) is 0 Å². The first-order valence-electron chi connectivity index (χ1n) is 5.61. The van der Waals surface area contributed by atoms with Gasteiger partial charge in [0.2, 0.25) is 5.91 Å². The minimum atomic E-state index is -0.173. The third-order valence-electron chi connectivity index (χ3n) is 2.41. The highest BCUT2D eigenvalue weighted by molar-refractivity contribution is 5.91. The van der Waals surface area contributed by atoms with Crippen molar-refractivity contribution in [3.63, 3.8) is 0 Å². The van der Waals surface area contributed by atoms with Gasteiger partial charge in [0.15, 0.2) is 0 Å². The molecule has 0 unspecified atom stereocenters. The fourth-order valence-electron chi connectivity index (χ4n) is 1.53. The second kappa shape index (κ2) is 5.72. The van der Waals surface area contributed by atoms with Crippen molar-refractivity contribution >= 4 is 12.0 Å². The first kappa shape index (κ1) is 12.0. The standard InChI is InChI=1S/C14H14N2O2/c17-13-5-1-3-11(9-13)10-16-14(18)7-6-12-4-2-8-15-12/h1-9,15,17H,10H2,(H,16,18)/b7-6+. The quantitative estimate of drug-likeness (QED) is 0.718. The van der Waals surface area contributed by atoms with E-state index in [0.29, 0.717) is 6.54 Å². The van der Waals surface area contributed by atoms with E-state index in [1.54, 1.807) is 30.5 Å². The van der Waals surface area contributed by atoms with E-state index in [4.69, 9.17) is 0 Å². The lowest BCUT2D eigenvalue weighted by Gasteiger charge is -2.02. The molecule has 92 valence electrons. The van der Waals surface area contributed by atoms with Gasteiger partial charge in [-0.15, -0.1) is 0 Å². The van der Waals surface area contributed by atoms with Crippen LogP contribution in [0, 0.1) is 0 Å². The van der Waals surface area contributed by atoms with Gasteiger partial charge < -0.3 is 15.4 Å². The van der Waals surface area contributed by atoms with Gasteiger partial charge >= 0.3 is 0 Å². The van der Waals surface area contributed by atoms with E-state index in [2.05, 4.69) is 10.3 Å². The SMILES string of the molecule is O=C(/C=C/c1ccc[nH]1)NCc1cccc(O)c1. The number of benzene rings is 1. The number of hydrogen-bond acceptors (Lipinski definition) is 2. The number of hydrogen-bond donors (Lipinski definition) is 3. The fourth-order valence-corrected chi connectivity index (χ4v) is 1.53. The number of aromatic nitrogens is 1. The molecule has 3 N–H and O–H groups in total. The number of amides is 1. The molecule has 18 heavy (non-hydrogen) atoms. The predicted molar refractivity (Wildman–Crippen MR) is 69.8 cm³/mol. The van der Waals surface area contributed by atoms with E-state index in [9.17, 15) is 9.90 Å². The number of rotatable bonds is 4. The maximum Gasteiger partial charge on any atom is 0.244 e. The number of nitrogens with one attached hydrogen (secondary N) is 2. The highest BCUT2D eigenvalue weighted by atomic mass is 16.3. The number of carbonyl (C=O) groups is 1. The highest BCUT2D eigenvalue weighted by Crippen LogP contribution is 2.10. The lowest BCUT2D eigenvalue weighted by molar-refractivity contribution is -0.116. The van der Waals surface area contributed by atoms with E-state index in [1.165, 1.54) is 6.08 Å². The maximum absolute atomic E-state index is 11.5. The molecule has 0 radical (unpaired) electrons. The summed E-state index contributed by atoms with van der Waals surface area (Å²) >= 11 is 0. The van der Waals surface area contributed by atoms with Crippen LogP contribution in [0.2, 0.25) is 0 Å². The molecule has 0 aliphatic carbocycles. The van der Waals surface area contributed by atoms with Crippen molar-refractivity contribution in [2.24, 2.45) is 0 Å². The van der Waals surface area contributed by atoms with Gasteiger partial charge in [-0.2, -0.15) is 0 Å². The zero-order chi connectivity index (χ0) is 12.8. The molecule has 4 nitrogen and oxygen atoms in total. The summed E-state index contributed by atoms with van der Waals surface area (Å²) in [7, 11) is 0. The third-order valence-corrected chi connectivity index (χ3v) is 2.41. The van der Waals surface area contributed by atoms with Gasteiger partial charge in [0, 0.05) is 24.5 Å². The van der Waals surface area contributed by atoms with Gasteiger partial charge in [-0.3, -0.25) is 4.79 Å². The number of aromatic hydroxyl groups is 1. The van der Waals surface area contributed by atoms with E-state index in [-0.39, 0.29) is 11.7 Å². The molecule has 0 aliphatic rings. The summed E-state index contributed by atoms with van der Waals surface area (Å²) in [6.45, 7) is 0.391. The van der Waals surface area contributed by atoms with E-state index >= 15 is 0 Å². The Balaban J connectivity index is 1.85. The Labute approximate surface area is 105 Å². The molecule has 0 fully saturated rings. The number of carbonyl (C=O) groups excluding carboxylic acids is 1. The van der Waals surface area contributed by atoms with Crippen LogP contribution in [0.25, 0.3) is 6.08 Å². The minimum absolute atomic E-state index is 0.173. The van der Waals surface area contributed by atoms with Crippen LogP contribution < -0.4 is 5.32 Å². The number of aromatic amines is 1. The second-order valence-corrected chi connectivity index (χ2v) is 3.85. The summed E-state index contributed by atoms with van der Waals surface area (Å²) in [5.74, 6) is 0.0246. The van der Waals surface area contributed by atoms with Gasteiger partial charge in [-0.05, 0) is 35.9 Å². The second-order valence-electron chi connectivity index (χ2n) is 3.85. The summed E-state index contributed by atoms with van der Waals surface area (Å²) in [5, 5.41) is 12.0. The Hall–Kier alpha value is -2.49. The summed E-state index contributed by atoms with van der Waals surface area (Å²) in [4.78, 5) is 14.5. The highest BCUT2D eigenvalue weighted by Gasteiger charge is 1.97. The summed E-state index contributed by atoms with van der Waals surface area (Å²) < 4.78 is 0. The van der Waals surface area contributed by atoms with Gasteiger partial charge in [0.05, 0.1) is 0 Å². The first-order valence-corrected chi connectivity index (χ1v) is 5.61. The zero-order valence-corrected chi connectivity index (χ0v) is 9.76. The Kier molecular flexibility index (Phi) is 3.81. The Bertz CT molecular complexity index is 545. The molecule has 4 heteroatoms. The molecule has 2 aromatic rings. The molecule has 1 aromatic carbocycles. The van der Waals surface area contributed by atoms with Gasteiger partial charge in [-0.25, -0.2) is 0 Å². The molecule has 0 aliphatic heterocycles. The van der Waals surface area contributed by atoms with Crippen LogP contribution in [0.1, 0.15) is 11.3 Å². The van der Waals surface area contributed by atoms with Crippen molar-refractivity contribution in [2.45, 2.75) is 6.54 Å². The summed E-state index contributed by atoms with van der Waals surface area (Å²) in [6.07, 6.45) is 4.97. The van der Waals surface area contributed by atoms with Gasteiger partial charge in [0.1, 0.15) is 5.75 Å². The Morgan fingerprint density at radius 3 is 2.94 bits per heavy atom. The topological polar surface area (TPSA) is 65.1 Å².